The molecule has 1 aromatic heterocycles. The summed E-state index contributed by atoms with van der Waals surface area (Å²) in [5.41, 5.74) is 1.18. The summed E-state index contributed by atoms with van der Waals surface area (Å²) in [6.45, 7) is 5.75. The number of carbonyl (C=O) groups is 1. The Hall–Kier alpha value is -1.86. The molecule has 0 aliphatic heterocycles. The predicted molar refractivity (Wildman–Crippen MR) is 97.9 cm³/mol. The van der Waals surface area contributed by atoms with E-state index in [1.54, 1.807) is 34.9 Å². The third kappa shape index (κ3) is 4.83. The zero-order valence-electron chi connectivity index (χ0n) is 15.0. The molecule has 0 N–H and O–H groups in total. The van der Waals surface area contributed by atoms with Gasteiger partial charge in [0.1, 0.15) is 11.5 Å². The Morgan fingerprint density at radius 3 is 2.60 bits per heavy atom. The molecule has 0 spiro atoms. The topological polar surface area (TPSA) is 47.4 Å². The fourth-order valence-corrected chi connectivity index (χ4v) is 3.09. The third-order valence-electron chi connectivity index (χ3n) is 3.65. The minimum absolute atomic E-state index is 0.108. The van der Waals surface area contributed by atoms with Gasteiger partial charge in [0.25, 0.3) is 5.91 Å². The van der Waals surface area contributed by atoms with Gasteiger partial charge in [-0.1, -0.05) is 25.6 Å². The van der Waals surface area contributed by atoms with E-state index in [1.807, 2.05) is 6.26 Å². The van der Waals surface area contributed by atoms with Gasteiger partial charge < -0.3 is 9.64 Å². The monoisotopic (exact) mass is 365 g/mol. The van der Waals surface area contributed by atoms with Crippen molar-refractivity contribution < 1.29 is 13.9 Å². The molecule has 1 aromatic carbocycles. The number of halogens is 1. The van der Waals surface area contributed by atoms with E-state index in [2.05, 4.69) is 18.8 Å². The van der Waals surface area contributed by atoms with Crippen molar-refractivity contribution in [1.29, 1.82) is 0 Å². The number of rotatable bonds is 8. The van der Waals surface area contributed by atoms with Gasteiger partial charge in [-0.05, 0) is 36.4 Å². The molecule has 25 heavy (non-hydrogen) atoms. The Labute approximate surface area is 152 Å². The lowest BCUT2D eigenvalue weighted by Gasteiger charge is -2.25. The van der Waals surface area contributed by atoms with Crippen LogP contribution in [-0.4, -0.2) is 53.4 Å². The normalized spacial score (nSPS) is 11.1. The third-order valence-corrected chi connectivity index (χ3v) is 4.31. The lowest BCUT2D eigenvalue weighted by molar-refractivity contribution is 0.0664. The predicted octanol–water partition coefficient (Wildman–Crippen LogP) is 3.48. The molecular formula is C18H24FN3O2S. The molecule has 0 unspecified atom stereocenters. The molecule has 0 bridgehead atoms. The van der Waals surface area contributed by atoms with E-state index < -0.39 is 0 Å². The summed E-state index contributed by atoms with van der Waals surface area (Å²) in [6.07, 6.45) is 3.48. The van der Waals surface area contributed by atoms with Crippen LogP contribution in [0.25, 0.3) is 5.69 Å². The number of hydrogen-bond acceptors (Lipinski definition) is 4. The molecule has 2 aromatic rings. The number of benzene rings is 1. The van der Waals surface area contributed by atoms with E-state index in [0.29, 0.717) is 42.2 Å². The van der Waals surface area contributed by atoms with Crippen molar-refractivity contribution in [1.82, 2.24) is 14.5 Å². The summed E-state index contributed by atoms with van der Waals surface area (Å²) < 4.78 is 20.2. The largest absolute Gasteiger partial charge is 0.383 e. The van der Waals surface area contributed by atoms with Crippen LogP contribution in [0.3, 0.4) is 0 Å². The average molecular weight is 365 g/mol. The van der Waals surface area contributed by atoms with Crippen molar-refractivity contribution in [3.05, 3.63) is 42.0 Å². The number of amides is 1. The molecule has 0 saturated carbocycles. The summed E-state index contributed by atoms with van der Waals surface area (Å²) in [5.74, 6) is -0.0881. The summed E-state index contributed by atoms with van der Waals surface area (Å²) in [4.78, 5) is 19.2. The molecule has 2 rings (SSSR count). The minimum atomic E-state index is -0.316. The van der Waals surface area contributed by atoms with E-state index in [-0.39, 0.29) is 11.7 Å². The molecule has 1 heterocycles. The lowest BCUT2D eigenvalue weighted by atomic mass is 10.2. The van der Waals surface area contributed by atoms with Gasteiger partial charge in [-0.25, -0.2) is 9.37 Å². The van der Waals surface area contributed by atoms with Crippen molar-refractivity contribution >= 4 is 17.7 Å². The maximum atomic E-state index is 13.3. The summed E-state index contributed by atoms with van der Waals surface area (Å²) in [7, 11) is 1.62. The standard InChI is InChI=1S/C18H24FN3O2S/c1-13(2)12-21(9-10-24-3)17(23)16-11-20-18(25-4)22(16)15-7-5-14(19)6-8-15/h5-8,11,13H,9-10,12H2,1-4H3. The van der Waals surface area contributed by atoms with Crippen LogP contribution < -0.4 is 0 Å². The molecule has 0 radical (unpaired) electrons. The molecule has 0 fully saturated rings. The number of nitrogens with zero attached hydrogens (tertiary/aromatic N) is 3. The van der Waals surface area contributed by atoms with Crippen molar-refractivity contribution in [2.75, 3.05) is 33.1 Å². The Bertz CT molecular complexity index is 701. The molecule has 136 valence electrons. The molecule has 5 nitrogen and oxygen atoms in total. The van der Waals surface area contributed by atoms with Crippen molar-refractivity contribution in [2.24, 2.45) is 5.92 Å². The number of aromatic nitrogens is 2. The first-order valence-corrected chi connectivity index (χ1v) is 9.36. The first kappa shape index (κ1) is 19.5. The minimum Gasteiger partial charge on any atom is -0.383 e. The van der Waals surface area contributed by atoms with E-state index in [9.17, 15) is 9.18 Å². The Kier molecular flexibility index (Phi) is 7.01. The van der Waals surface area contributed by atoms with Crippen molar-refractivity contribution in [3.8, 4) is 5.69 Å². The Balaban J connectivity index is 2.41. The second-order valence-electron chi connectivity index (χ2n) is 6.08. The summed E-state index contributed by atoms with van der Waals surface area (Å²) >= 11 is 1.44. The van der Waals surface area contributed by atoms with Crippen LogP contribution in [0.4, 0.5) is 4.39 Å². The average Bonchev–Trinajstić information content (AvgIpc) is 3.02. The maximum Gasteiger partial charge on any atom is 0.272 e. The number of imidazole rings is 1. The number of methoxy groups -OCH3 is 1. The van der Waals surface area contributed by atoms with Gasteiger partial charge in [-0.3, -0.25) is 9.36 Å². The molecular weight excluding hydrogens is 341 g/mol. The smallest absolute Gasteiger partial charge is 0.272 e. The first-order valence-electron chi connectivity index (χ1n) is 8.13. The maximum absolute atomic E-state index is 13.3. The molecule has 0 aliphatic carbocycles. The summed E-state index contributed by atoms with van der Waals surface area (Å²) in [6, 6.07) is 6.06. The molecule has 1 amide bonds. The van der Waals surface area contributed by atoms with Gasteiger partial charge in [0.2, 0.25) is 0 Å². The fourth-order valence-electron chi connectivity index (χ4n) is 2.55. The fraction of sp³-hybridized carbons (Fsp3) is 0.444. The highest BCUT2D eigenvalue weighted by molar-refractivity contribution is 7.98. The summed E-state index contributed by atoms with van der Waals surface area (Å²) in [5, 5.41) is 0.686. The van der Waals surface area contributed by atoms with Gasteiger partial charge in [-0.15, -0.1) is 0 Å². The van der Waals surface area contributed by atoms with E-state index in [1.165, 1.54) is 23.9 Å². The Morgan fingerprint density at radius 1 is 1.36 bits per heavy atom. The highest BCUT2D eigenvalue weighted by atomic mass is 32.2. The van der Waals surface area contributed by atoms with Gasteiger partial charge in [0, 0.05) is 25.9 Å². The molecule has 0 aliphatic rings. The highest BCUT2D eigenvalue weighted by Gasteiger charge is 2.23. The number of thioether (sulfide) groups is 1. The number of hydrogen-bond donors (Lipinski definition) is 0. The van der Waals surface area contributed by atoms with Crippen LogP contribution >= 0.6 is 11.8 Å². The van der Waals surface area contributed by atoms with E-state index >= 15 is 0 Å². The number of carbonyl (C=O) groups excluding carboxylic acids is 1. The van der Waals surface area contributed by atoms with Crippen LogP contribution in [0.2, 0.25) is 0 Å². The second kappa shape index (κ2) is 9.01. The van der Waals surface area contributed by atoms with Crippen molar-refractivity contribution in [3.63, 3.8) is 0 Å². The van der Waals surface area contributed by atoms with Crippen LogP contribution in [0.15, 0.2) is 35.6 Å². The molecule has 0 atom stereocenters. The molecule has 7 heteroatoms. The zero-order valence-corrected chi connectivity index (χ0v) is 15.8. The van der Waals surface area contributed by atoms with Gasteiger partial charge in [0.15, 0.2) is 5.16 Å². The van der Waals surface area contributed by atoms with Gasteiger partial charge >= 0.3 is 0 Å². The number of ether oxygens (including phenoxy) is 1. The quantitative estimate of drug-likeness (QED) is 0.672. The first-order chi connectivity index (χ1) is 12.0. The van der Waals surface area contributed by atoms with Crippen LogP contribution in [0, 0.1) is 11.7 Å². The van der Waals surface area contributed by atoms with E-state index in [4.69, 9.17) is 4.74 Å². The lowest BCUT2D eigenvalue weighted by Crippen LogP contribution is -2.37. The second-order valence-corrected chi connectivity index (χ2v) is 6.85. The van der Waals surface area contributed by atoms with Gasteiger partial charge in [0.05, 0.1) is 12.8 Å². The zero-order chi connectivity index (χ0) is 18.4. The van der Waals surface area contributed by atoms with Crippen LogP contribution in [0.1, 0.15) is 24.3 Å². The Morgan fingerprint density at radius 2 is 2.04 bits per heavy atom. The van der Waals surface area contributed by atoms with Gasteiger partial charge in [-0.2, -0.15) is 0 Å². The van der Waals surface area contributed by atoms with Crippen LogP contribution in [-0.2, 0) is 4.74 Å². The highest BCUT2D eigenvalue weighted by Crippen LogP contribution is 2.23. The van der Waals surface area contributed by atoms with Crippen molar-refractivity contribution in [2.45, 2.75) is 19.0 Å². The van der Waals surface area contributed by atoms with E-state index in [0.717, 1.165) is 0 Å². The SMILES string of the molecule is COCCN(CC(C)C)C(=O)c1cnc(SC)n1-c1ccc(F)cc1. The molecule has 0 saturated heterocycles. The van der Waals surface area contributed by atoms with Crippen LogP contribution in [0.5, 0.6) is 0 Å².